The van der Waals surface area contributed by atoms with Crippen LogP contribution in [0.15, 0.2) is 60.9 Å². The molecule has 3 heterocycles. The van der Waals surface area contributed by atoms with E-state index in [9.17, 15) is 8.78 Å². The molecule has 0 bridgehead atoms. The Bertz CT molecular complexity index is 1500. The Morgan fingerprint density at radius 3 is 2.46 bits per heavy atom. The second-order valence-electron chi connectivity index (χ2n) is 9.00. The summed E-state index contributed by atoms with van der Waals surface area (Å²) in [6, 6.07) is 15.7. The standard InChI is InChI=1S/C27H24F2N6/c28-19-11-18(12-20(29)14-19)10-17-4-7-24-23(13-17)27(34-33-24)32-26-22-6-5-21(15-25(22)30-16-31-26)35-8-2-1-3-9-35/h4-7,11-16H,1-3,8-10H2,(H2,30,31,32,33,34). The smallest absolute Gasteiger partial charge is 0.161 e. The molecule has 3 aromatic carbocycles. The van der Waals surface area contributed by atoms with Crippen molar-refractivity contribution in [3.05, 3.63) is 83.7 Å². The van der Waals surface area contributed by atoms with Crippen LogP contribution in [0.4, 0.5) is 26.1 Å². The number of anilines is 3. The molecule has 35 heavy (non-hydrogen) atoms. The normalized spacial score (nSPS) is 14.1. The Balaban J connectivity index is 1.30. The van der Waals surface area contributed by atoms with E-state index in [2.05, 4.69) is 48.6 Å². The van der Waals surface area contributed by atoms with Crippen LogP contribution in [-0.4, -0.2) is 33.3 Å². The van der Waals surface area contributed by atoms with Crippen LogP contribution >= 0.6 is 0 Å². The number of piperidine rings is 1. The quantitative estimate of drug-likeness (QED) is 0.324. The summed E-state index contributed by atoms with van der Waals surface area (Å²) in [7, 11) is 0. The number of nitrogens with zero attached hydrogens (tertiary/aromatic N) is 4. The van der Waals surface area contributed by atoms with E-state index in [4.69, 9.17) is 0 Å². The maximum Gasteiger partial charge on any atom is 0.161 e. The first kappa shape index (κ1) is 21.5. The van der Waals surface area contributed by atoms with Gasteiger partial charge in [-0.1, -0.05) is 6.07 Å². The average molecular weight is 471 g/mol. The molecule has 2 aromatic heterocycles. The Kier molecular flexibility index (Phi) is 5.48. The van der Waals surface area contributed by atoms with E-state index in [1.807, 2.05) is 18.2 Å². The lowest BCUT2D eigenvalue weighted by molar-refractivity contribution is 0.578. The van der Waals surface area contributed by atoms with Crippen molar-refractivity contribution in [1.29, 1.82) is 0 Å². The number of benzene rings is 3. The van der Waals surface area contributed by atoms with Gasteiger partial charge >= 0.3 is 0 Å². The second-order valence-corrected chi connectivity index (χ2v) is 9.00. The fraction of sp³-hybridized carbons (Fsp3) is 0.222. The number of hydrogen-bond donors (Lipinski definition) is 2. The van der Waals surface area contributed by atoms with E-state index < -0.39 is 11.6 Å². The van der Waals surface area contributed by atoms with Gasteiger partial charge in [0.25, 0.3) is 0 Å². The first-order chi connectivity index (χ1) is 17.1. The molecule has 0 spiro atoms. The van der Waals surface area contributed by atoms with Crippen molar-refractivity contribution in [3.63, 3.8) is 0 Å². The van der Waals surface area contributed by atoms with Crippen molar-refractivity contribution < 1.29 is 8.78 Å². The number of fused-ring (bicyclic) bond motifs is 2. The summed E-state index contributed by atoms with van der Waals surface area (Å²) < 4.78 is 27.2. The fourth-order valence-corrected chi connectivity index (χ4v) is 4.82. The van der Waals surface area contributed by atoms with E-state index in [1.165, 1.54) is 37.1 Å². The number of nitrogens with one attached hydrogen (secondary N) is 2. The van der Waals surface area contributed by atoms with E-state index in [-0.39, 0.29) is 0 Å². The molecule has 1 aliphatic heterocycles. The Morgan fingerprint density at radius 1 is 0.800 bits per heavy atom. The molecular formula is C27H24F2N6. The SMILES string of the molecule is Fc1cc(F)cc(Cc2ccc3[nH]nc(Nc4ncnc5cc(N6CCCCC6)ccc45)c3c2)c1. The predicted octanol–water partition coefficient (Wildman–Crippen LogP) is 6.11. The molecule has 0 unspecified atom stereocenters. The molecular weight excluding hydrogens is 446 g/mol. The van der Waals surface area contributed by atoms with Gasteiger partial charge in [0.2, 0.25) is 0 Å². The number of aromatic nitrogens is 4. The molecule has 2 N–H and O–H groups in total. The molecule has 6 rings (SSSR count). The van der Waals surface area contributed by atoms with Crippen LogP contribution in [0, 0.1) is 11.6 Å². The second kappa shape index (κ2) is 8.94. The highest BCUT2D eigenvalue weighted by Gasteiger charge is 2.14. The van der Waals surface area contributed by atoms with Gasteiger partial charge in [-0.25, -0.2) is 18.7 Å². The minimum absolute atomic E-state index is 0.408. The monoisotopic (exact) mass is 470 g/mol. The van der Waals surface area contributed by atoms with E-state index in [0.717, 1.165) is 46.5 Å². The van der Waals surface area contributed by atoms with Crippen molar-refractivity contribution >= 4 is 39.1 Å². The number of halogens is 2. The van der Waals surface area contributed by atoms with Gasteiger partial charge in [-0.2, -0.15) is 5.10 Å². The van der Waals surface area contributed by atoms with Crippen molar-refractivity contribution in [2.45, 2.75) is 25.7 Å². The highest BCUT2D eigenvalue weighted by Crippen LogP contribution is 2.30. The van der Waals surface area contributed by atoms with Crippen molar-refractivity contribution in [2.24, 2.45) is 0 Å². The Morgan fingerprint density at radius 2 is 1.63 bits per heavy atom. The van der Waals surface area contributed by atoms with Gasteiger partial charge in [0.15, 0.2) is 5.82 Å². The summed E-state index contributed by atoms with van der Waals surface area (Å²) in [5.74, 6) is 0.148. The molecule has 5 aromatic rings. The molecule has 0 amide bonds. The van der Waals surface area contributed by atoms with Crippen LogP contribution in [-0.2, 0) is 6.42 Å². The predicted molar refractivity (Wildman–Crippen MR) is 134 cm³/mol. The van der Waals surface area contributed by atoms with Crippen LogP contribution in [0.25, 0.3) is 21.8 Å². The molecule has 176 valence electrons. The van der Waals surface area contributed by atoms with Gasteiger partial charge in [-0.05, 0) is 79.3 Å². The third-order valence-corrected chi connectivity index (χ3v) is 6.54. The minimum Gasteiger partial charge on any atom is -0.371 e. The molecule has 0 aliphatic carbocycles. The van der Waals surface area contributed by atoms with Crippen molar-refractivity contribution in [3.8, 4) is 0 Å². The number of aromatic amines is 1. The first-order valence-corrected chi connectivity index (χ1v) is 11.8. The van der Waals surface area contributed by atoms with Gasteiger partial charge < -0.3 is 10.2 Å². The topological polar surface area (TPSA) is 69.7 Å². The highest BCUT2D eigenvalue weighted by atomic mass is 19.1. The molecule has 8 heteroatoms. The molecule has 6 nitrogen and oxygen atoms in total. The third-order valence-electron chi connectivity index (χ3n) is 6.54. The van der Waals surface area contributed by atoms with Gasteiger partial charge in [0, 0.05) is 35.6 Å². The van der Waals surface area contributed by atoms with Crippen molar-refractivity contribution in [2.75, 3.05) is 23.3 Å². The third kappa shape index (κ3) is 4.39. The average Bonchev–Trinajstić information content (AvgIpc) is 3.26. The Labute approximate surface area is 201 Å². The molecule has 1 aliphatic rings. The summed E-state index contributed by atoms with van der Waals surface area (Å²) in [5, 5.41) is 12.6. The van der Waals surface area contributed by atoms with Gasteiger partial charge in [-0.15, -0.1) is 0 Å². The number of rotatable bonds is 5. The van der Waals surface area contributed by atoms with Crippen molar-refractivity contribution in [1.82, 2.24) is 20.2 Å². The number of hydrogen-bond acceptors (Lipinski definition) is 5. The van der Waals surface area contributed by atoms with Crippen LogP contribution in [0.2, 0.25) is 0 Å². The van der Waals surface area contributed by atoms with E-state index in [0.29, 0.717) is 23.6 Å². The maximum absolute atomic E-state index is 13.6. The summed E-state index contributed by atoms with van der Waals surface area (Å²) in [4.78, 5) is 11.4. The zero-order chi connectivity index (χ0) is 23.8. The minimum atomic E-state index is -0.578. The molecule has 1 fully saturated rings. The largest absolute Gasteiger partial charge is 0.371 e. The lowest BCUT2D eigenvalue weighted by Gasteiger charge is -2.28. The molecule has 0 atom stereocenters. The highest BCUT2D eigenvalue weighted by molar-refractivity contribution is 5.97. The Hall–Kier alpha value is -4.07. The van der Waals surface area contributed by atoms with E-state index in [1.54, 1.807) is 6.33 Å². The zero-order valence-corrected chi connectivity index (χ0v) is 19.1. The summed E-state index contributed by atoms with van der Waals surface area (Å²) in [5.41, 5.74) is 4.41. The van der Waals surface area contributed by atoms with Crippen LogP contribution in [0.5, 0.6) is 0 Å². The zero-order valence-electron chi connectivity index (χ0n) is 19.1. The van der Waals surface area contributed by atoms with Crippen LogP contribution in [0.1, 0.15) is 30.4 Å². The molecule has 1 saturated heterocycles. The first-order valence-electron chi connectivity index (χ1n) is 11.8. The van der Waals surface area contributed by atoms with Gasteiger partial charge in [0.05, 0.1) is 11.0 Å². The molecule has 0 saturated carbocycles. The van der Waals surface area contributed by atoms with E-state index >= 15 is 0 Å². The van der Waals surface area contributed by atoms with Crippen LogP contribution < -0.4 is 10.2 Å². The number of H-pyrrole nitrogens is 1. The fourth-order valence-electron chi connectivity index (χ4n) is 4.82. The van der Waals surface area contributed by atoms with Crippen LogP contribution in [0.3, 0.4) is 0 Å². The summed E-state index contributed by atoms with van der Waals surface area (Å²) in [6.45, 7) is 2.15. The molecule has 0 radical (unpaired) electrons. The van der Waals surface area contributed by atoms with Gasteiger partial charge in [-0.3, -0.25) is 5.10 Å². The maximum atomic E-state index is 13.6. The lowest BCUT2D eigenvalue weighted by Crippen LogP contribution is -2.29. The summed E-state index contributed by atoms with van der Waals surface area (Å²) >= 11 is 0. The summed E-state index contributed by atoms with van der Waals surface area (Å²) in [6.07, 6.45) is 5.70. The van der Waals surface area contributed by atoms with Gasteiger partial charge in [0.1, 0.15) is 23.8 Å². The lowest BCUT2D eigenvalue weighted by atomic mass is 10.0.